The van der Waals surface area contributed by atoms with Crippen LogP contribution in [0.4, 0.5) is 9.39 Å². The van der Waals surface area contributed by atoms with Gasteiger partial charge in [-0.1, -0.05) is 15.9 Å². The van der Waals surface area contributed by atoms with Gasteiger partial charge in [-0.05, 0) is 35.7 Å². The SMILES string of the molecule is O=S(=O)(Cl)c1ccc(F)cc1.[C-]#[N+]c1sccc1Br. The summed E-state index contributed by atoms with van der Waals surface area (Å²) < 4.78 is 34.3. The van der Waals surface area contributed by atoms with Gasteiger partial charge in [-0.25, -0.2) is 17.7 Å². The molecule has 100 valence electrons. The summed E-state index contributed by atoms with van der Waals surface area (Å²) >= 11 is 4.67. The maximum absolute atomic E-state index is 12.2. The van der Waals surface area contributed by atoms with Crippen molar-refractivity contribution in [1.29, 1.82) is 0 Å². The zero-order valence-electron chi connectivity index (χ0n) is 9.18. The molecule has 0 unspecified atom stereocenters. The molecule has 3 nitrogen and oxygen atoms in total. The molecule has 0 aliphatic heterocycles. The van der Waals surface area contributed by atoms with E-state index in [-0.39, 0.29) is 4.90 Å². The van der Waals surface area contributed by atoms with Crippen molar-refractivity contribution in [3.8, 4) is 0 Å². The third kappa shape index (κ3) is 5.28. The standard InChI is InChI=1S/C6H4ClFO2S.C5H2BrNS/c7-11(9,10)6-3-1-5(8)2-4-6;1-7-5-4(6)2-3-8-5/h1-4H;2-3H. The summed E-state index contributed by atoms with van der Waals surface area (Å²) in [6.45, 7) is 6.61. The highest BCUT2D eigenvalue weighted by molar-refractivity contribution is 9.10. The van der Waals surface area contributed by atoms with Crippen LogP contribution in [0.5, 0.6) is 0 Å². The number of hydrogen-bond acceptors (Lipinski definition) is 3. The molecule has 2 rings (SSSR count). The second-order valence-corrected chi connectivity index (χ2v) is 7.39. The fourth-order valence-corrected chi connectivity index (χ4v) is 2.97. The lowest BCUT2D eigenvalue weighted by Crippen LogP contribution is -1.89. The molecule has 8 heteroatoms. The lowest BCUT2D eigenvalue weighted by atomic mass is 10.4. The first-order chi connectivity index (χ1) is 8.84. The van der Waals surface area contributed by atoms with Crippen molar-refractivity contribution in [1.82, 2.24) is 0 Å². The van der Waals surface area contributed by atoms with Gasteiger partial charge in [0.2, 0.25) is 0 Å². The summed E-state index contributed by atoms with van der Waals surface area (Å²) in [5.41, 5.74) is 0. The Bertz CT molecular complexity index is 692. The van der Waals surface area contributed by atoms with Gasteiger partial charge < -0.3 is 0 Å². The molecule has 0 saturated heterocycles. The zero-order valence-corrected chi connectivity index (χ0v) is 13.2. The molecule has 0 atom stereocenters. The van der Waals surface area contributed by atoms with E-state index in [1.54, 1.807) is 0 Å². The highest BCUT2D eigenvalue weighted by Crippen LogP contribution is 2.30. The molecular weight excluding hydrogens is 377 g/mol. The number of hydrogen-bond donors (Lipinski definition) is 0. The van der Waals surface area contributed by atoms with E-state index in [1.807, 2.05) is 11.4 Å². The Labute approximate surface area is 127 Å². The first-order valence-electron chi connectivity index (χ1n) is 4.65. The number of thiophene rings is 1. The maximum Gasteiger partial charge on any atom is 0.261 e. The van der Waals surface area contributed by atoms with Crippen LogP contribution in [0.3, 0.4) is 0 Å². The maximum atomic E-state index is 12.2. The molecular formula is C11H6BrClFNO2S2. The lowest BCUT2D eigenvalue weighted by Gasteiger charge is -1.93. The van der Waals surface area contributed by atoms with Gasteiger partial charge in [0, 0.05) is 15.2 Å². The fraction of sp³-hybridized carbons (Fsp3) is 0. The fourth-order valence-electron chi connectivity index (χ4n) is 0.963. The van der Waals surface area contributed by atoms with E-state index in [0.717, 1.165) is 33.7 Å². The van der Waals surface area contributed by atoms with Crippen molar-refractivity contribution in [2.75, 3.05) is 0 Å². The number of benzene rings is 1. The van der Waals surface area contributed by atoms with E-state index in [4.69, 9.17) is 17.3 Å². The van der Waals surface area contributed by atoms with Crippen molar-refractivity contribution < 1.29 is 12.8 Å². The van der Waals surface area contributed by atoms with Crippen LogP contribution in [-0.4, -0.2) is 8.42 Å². The van der Waals surface area contributed by atoms with E-state index < -0.39 is 14.9 Å². The summed E-state index contributed by atoms with van der Waals surface area (Å²) in [6, 6.07) is 6.16. The van der Waals surface area contributed by atoms with Gasteiger partial charge in [0.05, 0.1) is 11.5 Å². The van der Waals surface area contributed by atoms with Gasteiger partial charge in [0.25, 0.3) is 14.1 Å². The first kappa shape index (κ1) is 16.1. The molecule has 0 fully saturated rings. The zero-order chi connectivity index (χ0) is 14.5. The molecule has 0 spiro atoms. The minimum absolute atomic E-state index is 0.0967. The average molecular weight is 383 g/mol. The molecule has 19 heavy (non-hydrogen) atoms. The monoisotopic (exact) mass is 381 g/mol. The highest BCUT2D eigenvalue weighted by Gasteiger charge is 2.08. The van der Waals surface area contributed by atoms with Crippen molar-refractivity contribution in [3.63, 3.8) is 0 Å². The molecule has 0 aliphatic rings. The summed E-state index contributed by atoms with van der Waals surface area (Å²) in [4.78, 5) is 3.16. The quantitative estimate of drug-likeness (QED) is 0.524. The molecule has 0 amide bonds. The molecule has 2 aromatic rings. The van der Waals surface area contributed by atoms with Crippen molar-refractivity contribution >= 4 is 52.0 Å². The van der Waals surface area contributed by atoms with Crippen LogP contribution in [0.25, 0.3) is 4.85 Å². The Kier molecular flexibility index (Phi) is 5.94. The average Bonchev–Trinajstić information content (AvgIpc) is 2.75. The van der Waals surface area contributed by atoms with Crippen LogP contribution in [0.2, 0.25) is 0 Å². The Morgan fingerprint density at radius 1 is 1.26 bits per heavy atom. The van der Waals surface area contributed by atoms with E-state index in [2.05, 4.69) is 20.8 Å². The Hall–Kier alpha value is -0.940. The topological polar surface area (TPSA) is 38.5 Å². The van der Waals surface area contributed by atoms with E-state index in [0.29, 0.717) is 0 Å². The van der Waals surface area contributed by atoms with Gasteiger partial charge in [-0.3, -0.25) is 0 Å². The molecule has 0 aliphatic carbocycles. The van der Waals surface area contributed by atoms with Crippen LogP contribution >= 0.6 is 37.9 Å². The summed E-state index contributed by atoms with van der Waals surface area (Å²) in [6.07, 6.45) is 0. The number of nitrogens with zero attached hydrogens (tertiary/aromatic N) is 1. The van der Waals surface area contributed by atoms with Crippen LogP contribution in [0, 0.1) is 12.4 Å². The predicted molar refractivity (Wildman–Crippen MR) is 77.7 cm³/mol. The minimum atomic E-state index is -3.71. The second-order valence-electron chi connectivity index (χ2n) is 3.08. The Morgan fingerprint density at radius 3 is 2.16 bits per heavy atom. The molecule has 1 aromatic heterocycles. The first-order valence-corrected chi connectivity index (χ1v) is 8.63. The highest BCUT2D eigenvalue weighted by atomic mass is 79.9. The number of halogens is 3. The molecule has 0 N–H and O–H groups in total. The van der Waals surface area contributed by atoms with Gasteiger partial charge in [-0.2, -0.15) is 11.3 Å². The molecule has 0 saturated carbocycles. The Morgan fingerprint density at radius 2 is 1.84 bits per heavy atom. The molecule has 1 heterocycles. The van der Waals surface area contributed by atoms with Crippen molar-refractivity contribution in [3.05, 3.63) is 57.4 Å². The van der Waals surface area contributed by atoms with E-state index in [9.17, 15) is 12.8 Å². The third-order valence-corrected chi connectivity index (χ3v) is 4.87. The summed E-state index contributed by atoms with van der Waals surface area (Å²) in [7, 11) is 1.25. The van der Waals surface area contributed by atoms with Crippen LogP contribution < -0.4 is 0 Å². The minimum Gasteiger partial charge on any atom is -0.225 e. The summed E-state index contributed by atoms with van der Waals surface area (Å²) in [5.74, 6) is -0.492. The second kappa shape index (κ2) is 7.01. The van der Waals surface area contributed by atoms with Crippen LogP contribution in [0.1, 0.15) is 0 Å². The third-order valence-electron chi connectivity index (χ3n) is 1.80. The van der Waals surface area contributed by atoms with Gasteiger partial charge in [-0.15, -0.1) is 0 Å². The van der Waals surface area contributed by atoms with E-state index >= 15 is 0 Å². The van der Waals surface area contributed by atoms with Gasteiger partial charge in [0.1, 0.15) is 5.82 Å². The predicted octanol–water partition coefficient (Wildman–Crippen LogP) is 4.81. The molecule has 1 aromatic carbocycles. The smallest absolute Gasteiger partial charge is 0.225 e. The summed E-state index contributed by atoms with van der Waals surface area (Å²) in [5, 5.41) is 2.61. The molecule has 0 bridgehead atoms. The van der Waals surface area contributed by atoms with Gasteiger partial charge in [0.15, 0.2) is 0 Å². The number of rotatable bonds is 1. The van der Waals surface area contributed by atoms with Crippen molar-refractivity contribution in [2.45, 2.75) is 4.90 Å². The molecule has 0 radical (unpaired) electrons. The largest absolute Gasteiger partial charge is 0.261 e. The normalized spacial score (nSPS) is 10.2. The van der Waals surface area contributed by atoms with Crippen molar-refractivity contribution in [2.24, 2.45) is 0 Å². The van der Waals surface area contributed by atoms with E-state index in [1.165, 1.54) is 11.3 Å². The lowest BCUT2D eigenvalue weighted by molar-refractivity contribution is 0.607. The van der Waals surface area contributed by atoms with Crippen LogP contribution in [0.15, 0.2) is 45.1 Å². The van der Waals surface area contributed by atoms with Gasteiger partial charge >= 0.3 is 0 Å². The van der Waals surface area contributed by atoms with Crippen LogP contribution in [-0.2, 0) is 9.05 Å². The Balaban J connectivity index is 0.000000200.